The second-order valence-corrected chi connectivity index (χ2v) is 9.46. The van der Waals surface area contributed by atoms with Gasteiger partial charge >= 0.3 is 6.18 Å². The summed E-state index contributed by atoms with van der Waals surface area (Å²) >= 11 is 1.25. The van der Waals surface area contributed by atoms with E-state index in [9.17, 15) is 22.6 Å². The van der Waals surface area contributed by atoms with Gasteiger partial charge in [-0.2, -0.15) is 13.2 Å². The van der Waals surface area contributed by atoms with Crippen LogP contribution in [-0.2, 0) is 22.7 Å². The molecule has 1 aliphatic rings. The molecule has 1 fully saturated rings. The number of hydroxylamine groups is 2. The van der Waals surface area contributed by atoms with Crippen molar-refractivity contribution in [3.63, 3.8) is 0 Å². The third-order valence-electron chi connectivity index (χ3n) is 5.01. The van der Waals surface area contributed by atoms with E-state index in [4.69, 9.17) is 0 Å². The number of piperazine rings is 1. The number of halogens is 3. The van der Waals surface area contributed by atoms with Gasteiger partial charge in [0, 0.05) is 25.2 Å². The lowest BCUT2D eigenvalue weighted by molar-refractivity contribution is -0.141. The quantitative estimate of drug-likeness (QED) is 0.439. The molecule has 2 aromatic heterocycles. The number of thiophene rings is 1. The van der Waals surface area contributed by atoms with Crippen LogP contribution < -0.4 is 9.96 Å². The highest BCUT2D eigenvalue weighted by molar-refractivity contribution is 7.84. The minimum absolute atomic E-state index is 0.0293. The summed E-state index contributed by atoms with van der Waals surface area (Å²) < 4.78 is 52.6. The molecule has 11 heteroatoms. The van der Waals surface area contributed by atoms with Crippen molar-refractivity contribution in [2.75, 3.05) is 26.2 Å². The lowest BCUT2D eigenvalue weighted by Crippen LogP contribution is -2.57. The first-order valence-electron chi connectivity index (χ1n) is 9.53. The molecule has 6 nitrogen and oxygen atoms in total. The van der Waals surface area contributed by atoms with Crippen LogP contribution in [0.2, 0.25) is 0 Å². The Kier molecular flexibility index (Phi) is 6.22. The van der Waals surface area contributed by atoms with Gasteiger partial charge in [0.2, 0.25) is 5.16 Å². The van der Waals surface area contributed by atoms with Crippen LogP contribution in [-0.4, -0.2) is 45.6 Å². The fraction of sp³-hybridized carbons (Fsp3) is 0.300. The van der Waals surface area contributed by atoms with Gasteiger partial charge in [0.05, 0.1) is 27.1 Å². The zero-order chi connectivity index (χ0) is 22.1. The molecule has 2 N–H and O–H groups in total. The molecule has 0 amide bonds. The maximum atomic E-state index is 13.3. The maximum Gasteiger partial charge on any atom is 0.433 e. The van der Waals surface area contributed by atoms with Crippen molar-refractivity contribution in [1.82, 2.24) is 19.9 Å². The number of benzene rings is 1. The molecule has 0 spiro atoms. The first kappa shape index (κ1) is 22.0. The Labute approximate surface area is 183 Å². The van der Waals surface area contributed by atoms with E-state index < -0.39 is 22.7 Å². The number of hydrogen-bond acceptors (Lipinski definition) is 6. The van der Waals surface area contributed by atoms with E-state index in [1.807, 2.05) is 0 Å². The smallest absolute Gasteiger partial charge is 0.306 e. The first-order valence-corrected chi connectivity index (χ1v) is 11.7. The Morgan fingerprint density at radius 2 is 1.84 bits per heavy atom. The second-order valence-electron chi connectivity index (χ2n) is 7.17. The summed E-state index contributed by atoms with van der Waals surface area (Å²) in [6, 6.07) is 11.2. The molecule has 4 rings (SSSR count). The average Bonchev–Trinajstić information content (AvgIpc) is 3.29. The number of hydrogen-bond donors (Lipinski definition) is 2. The normalized spacial score (nSPS) is 17.4. The fourth-order valence-electron chi connectivity index (χ4n) is 3.33. The number of alkyl halides is 3. The van der Waals surface area contributed by atoms with Gasteiger partial charge in [0.1, 0.15) is 18.8 Å². The van der Waals surface area contributed by atoms with Crippen molar-refractivity contribution >= 4 is 27.8 Å². The van der Waals surface area contributed by atoms with E-state index in [0.717, 1.165) is 6.07 Å². The van der Waals surface area contributed by atoms with Crippen LogP contribution in [0.3, 0.4) is 0 Å². The summed E-state index contributed by atoms with van der Waals surface area (Å²) in [6.45, 7) is 2.47. The SMILES string of the molecule is O=S(Cc1ccc([N+]2(O)CCNCC2)cc1)c1nc(-c2cccs2)cc(C(F)(F)F)n1. The standard InChI is InChI=1S/C20H20F3N4O2S2/c21-20(22,23)18-12-16(17-2-1-11-30-17)25-19(26-18)31(29)13-14-3-5-15(6-4-14)27(28)9-7-24-8-10-27/h1-6,11-12,24,28H,7-10,13H2/q+1. The van der Waals surface area contributed by atoms with Crippen LogP contribution >= 0.6 is 11.3 Å². The van der Waals surface area contributed by atoms with Crippen LogP contribution in [0.15, 0.2) is 53.0 Å². The van der Waals surface area contributed by atoms with Gasteiger partial charge in [-0.15, -0.1) is 16.0 Å². The molecule has 3 aromatic rings. The molecule has 0 bridgehead atoms. The molecular formula is C20H20F3N4O2S2+. The summed E-state index contributed by atoms with van der Waals surface area (Å²) in [5, 5.41) is 15.3. The largest absolute Gasteiger partial charge is 0.433 e. The van der Waals surface area contributed by atoms with Gasteiger partial charge in [0.25, 0.3) is 0 Å². The average molecular weight is 470 g/mol. The van der Waals surface area contributed by atoms with Crippen LogP contribution in [0.25, 0.3) is 10.6 Å². The molecule has 1 unspecified atom stereocenters. The first-order chi connectivity index (χ1) is 14.7. The van der Waals surface area contributed by atoms with Crippen molar-refractivity contribution < 1.29 is 22.6 Å². The number of aromatic nitrogens is 2. The fourth-order valence-corrected chi connectivity index (χ4v) is 5.04. The molecule has 164 valence electrons. The molecule has 0 aliphatic carbocycles. The van der Waals surface area contributed by atoms with Gasteiger partial charge < -0.3 is 5.32 Å². The van der Waals surface area contributed by atoms with E-state index in [0.29, 0.717) is 42.3 Å². The van der Waals surface area contributed by atoms with Crippen LogP contribution in [0.1, 0.15) is 11.3 Å². The van der Waals surface area contributed by atoms with Gasteiger partial charge in [-0.05, 0) is 23.1 Å². The Hall–Kier alpha value is -2.18. The van der Waals surface area contributed by atoms with Gasteiger partial charge in [-0.25, -0.2) is 15.2 Å². The minimum atomic E-state index is -4.67. The molecule has 31 heavy (non-hydrogen) atoms. The summed E-state index contributed by atoms with van der Waals surface area (Å²) in [7, 11) is -1.87. The zero-order valence-corrected chi connectivity index (χ0v) is 17.9. The van der Waals surface area contributed by atoms with E-state index in [1.165, 1.54) is 11.3 Å². The van der Waals surface area contributed by atoms with Crippen LogP contribution in [0.5, 0.6) is 0 Å². The lowest BCUT2D eigenvalue weighted by atomic mass is 10.2. The lowest BCUT2D eigenvalue weighted by Gasteiger charge is -2.33. The van der Waals surface area contributed by atoms with E-state index in [1.54, 1.807) is 41.8 Å². The molecule has 1 saturated heterocycles. The molecule has 1 aliphatic heterocycles. The monoisotopic (exact) mass is 469 g/mol. The number of rotatable bonds is 5. The third kappa shape index (κ3) is 5.01. The topological polar surface area (TPSA) is 75.1 Å². The minimum Gasteiger partial charge on any atom is -0.306 e. The zero-order valence-electron chi connectivity index (χ0n) is 16.3. The Morgan fingerprint density at radius 3 is 2.45 bits per heavy atom. The molecule has 1 aromatic carbocycles. The van der Waals surface area contributed by atoms with Crippen molar-refractivity contribution in [2.45, 2.75) is 17.1 Å². The number of nitrogens with zero attached hydrogens (tertiary/aromatic N) is 3. The predicted molar refractivity (Wildman–Crippen MR) is 113 cm³/mol. The third-order valence-corrected chi connectivity index (χ3v) is 7.08. The number of nitrogens with one attached hydrogen (secondary N) is 1. The van der Waals surface area contributed by atoms with Gasteiger partial charge in [-0.1, -0.05) is 18.2 Å². The maximum absolute atomic E-state index is 13.3. The van der Waals surface area contributed by atoms with Gasteiger partial charge in [0.15, 0.2) is 5.69 Å². The van der Waals surface area contributed by atoms with E-state index in [-0.39, 0.29) is 21.2 Å². The highest BCUT2D eigenvalue weighted by Gasteiger charge is 2.35. The summed E-state index contributed by atoms with van der Waals surface area (Å²) in [6.07, 6.45) is -4.67. The molecule has 0 radical (unpaired) electrons. The molecule has 0 saturated carbocycles. The highest BCUT2D eigenvalue weighted by atomic mass is 32.2. The predicted octanol–water partition coefficient (Wildman–Crippen LogP) is 3.83. The molecule has 1 atom stereocenters. The van der Waals surface area contributed by atoms with Crippen molar-refractivity contribution in [2.24, 2.45) is 0 Å². The second kappa shape index (κ2) is 8.75. The van der Waals surface area contributed by atoms with Crippen molar-refractivity contribution in [3.05, 3.63) is 59.1 Å². The highest BCUT2D eigenvalue weighted by Crippen LogP contribution is 2.32. The van der Waals surface area contributed by atoms with Gasteiger partial charge in [-0.3, -0.25) is 4.21 Å². The Morgan fingerprint density at radius 1 is 1.13 bits per heavy atom. The van der Waals surface area contributed by atoms with Crippen LogP contribution in [0, 0.1) is 0 Å². The van der Waals surface area contributed by atoms with Crippen molar-refractivity contribution in [1.29, 1.82) is 0 Å². The molecule has 3 heterocycles. The summed E-state index contributed by atoms with van der Waals surface area (Å²) in [5.74, 6) is -0.0293. The summed E-state index contributed by atoms with van der Waals surface area (Å²) in [4.78, 5) is 8.21. The molecular weight excluding hydrogens is 449 g/mol. The Balaban J connectivity index is 1.57. The summed E-state index contributed by atoms with van der Waals surface area (Å²) in [5.41, 5.74) is 0.352. The number of quaternary nitrogens is 1. The van der Waals surface area contributed by atoms with E-state index in [2.05, 4.69) is 15.3 Å². The van der Waals surface area contributed by atoms with Crippen molar-refractivity contribution in [3.8, 4) is 10.6 Å². The van der Waals surface area contributed by atoms with Crippen LogP contribution in [0.4, 0.5) is 18.9 Å². The van der Waals surface area contributed by atoms with E-state index >= 15 is 0 Å². The Bertz CT molecular complexity index is 1070.